The van der Waals surface area contributed by atoms with Gasteiger partial charge in [-0.15, -0.1) is 22.7 Å². The molecule has 0 nitrogen and oxygen atoms in total. The minimum Gasteiger partial charge on any atom is -0.143 e. The van der Waals surface area contributed by atoms with Crippen molar-refractivity contribution in [1.82, 2.24) is 0 Å². The Hall–Kier alpha value is -2.68. The van der Waals surface area contributed by atoms with Gasteiger partial charge in [0.15, 0.2) is 0 Å². The van der Waals surface area contributed by atoms with E-state index in [0.717, 1.165) is 0 Å². The van der Waals surface area contributed by atoms with Crippen LogP contribution >= 0.6 is 22.7 Å². The quantitative estimate of drug-likeness (QED) is 0.242. The van der Waals surface area contributed by atoms with E-state index in [9.17, 15) is 0 Å². The van der Waals surface area contributed by atoms with Crippen LogP contribution in [0.2, 0.25) is 0 Å². The highest BCUT2D eigenvalue weighted by Gasteiger charge is 2.26. The van der Waals surface area contributed by atoms with Gasteiger partial charge >= 0.3 is 0 Å². The van der Waals surface area contributed by atoms with Crippen molar-refractivity contribution in [2.75, 3.05) is 0 Å². The van der Waals surface area contributed by atoms with Gasteiger partial charge in [-0.2, -0.15) is 0 Å². The molecule has 0 bridgehead atoms. The van der Waals surface area contributed by atoms with Gasteiger partial charge in [-0.05, 0) is 76.0 Å². The van der Waals surface area contributed by atoms with Crippen molar-refractivity contribution in [2.24, 2.45) is 0 Å². The van der Waals surface area contributed by atoms with Gasteiger partial charge < -0.3 is 0 Å². The first-order valence-electron chi connectivity index (χ1n) is 9.61. The topological polar surface area (TPSA) is 0 Å². The van der Waals surface area contributed by atoms with Gasteiger partial charge in [-0.1, -0.05) is 36.4 Å². The zero-order chi connectivity index (χ0) is 18.6. The van der Waals surface area contributed by atoms with Gasteiger partial charge in [0.25, 0.3) is 0 Å². The average Bonchev–Trinajstić information content (AvgIpc) is 3.36. The summed E-state index contributed by atoms with van der Waals surface area (Å²) in [6.45, 7) is 4.46. The van der Waals surface area contributed by atoms with Crippen molar-refractivity contribution in [1.29, 1.82) is 0 Å². The minimum absolute atomic E-state index is 1.33. The fourth-order valence-electron chi connectivity index (χ4n) is 5.09. The number of aryl methyl sites for hydroxylation is 2. The highest BCUT2D eigenvalue weighted by atomic mass is 32.1. The molecule has 6 aromatic rings. The van der Waals surface area contributed by atoms with Gasteiger partial charge in [-0.25, -0.2) is 0 Å². The third-order valence-electron chi connectivity index (χ3n) is 6.25. The summed E-state index contributed by atoms with van der Waals surface area (Å²) in [7, 11) is 0. The van der Waals surface area contributed by atoms with E-state index in [1.165, 1.54) is 74.4 Å². The zero-order valence-corrected chi connectivity index (χ0v) is 17.2. The van der Waals surface area contributed by atoms with Crippen LogP contribution in [0.3, 0.4) is 0 Å². The maximum atomic E-state index is 2.41. The summed E-state index contributed by atoms with van der Waals surface area (Å²) in [6.07, 6.45) is 0. The van der Waals surface area contributed by atoms with E-state index in [1.807, 2.05) is 22.7 Å². The van der Waals surface area contributed by atoms with E-state index in [0.29, 0.717) is 0 Å². The lowest BCUT2D eigenvalue weighted by Gasteiger charge is -2.12. The second-order valence-corrected chi connectivity index (χ2v) is 9.90. The normalized spacial score (nSPS) is 12.6. The molecule has 2 heteroatoms. The van der Waals surface area contributed by atoms with Crippen LogP contribution in [0.1, 0.15) is 11.1 Å². The molecule has 132 valence electrons. The van der Waals surface area contributed by atoms with Crippen molar-refractivity contribution in [3.8, 4) is 22.3 Å². The molecule has 0 radical (unpaired) electrons. The summed E-state index contributed by atoms with van der Waals surface area (Å²) in [6, 6.07) is 20.7. The van der Waals surface area contributed by atoms with E-state index in [1.54, 1.807) is 0 Å². The van der Waals surface area contributed by atoms with Crippen molar-refractivity contribution in [2.45, 2.75) is 13.8 Å². The second-order valence-electron chi connectivity index (χ2n) is 7.91. The Morgan fingerprint density at radius 3 is 2.46 bits per heavy atom. The lowest BCUT2D eigenvalue weighted by molar-refractivity contribution is 1.52. The van der Waals surface area contributed by atoms with E-state index in [-0.39, 0.29) is 0 Å². The minimum atomic E-state index is 1.33. The lowest BCUT2D eigenvalue weighted by Crippen LogP contribution is -1.86. The first-order chi connectivity index (χ1) is 13.7. The van der Waals surface area contributed by atoms with Crippen molar-refractivity contribution in [3.63, 3.8) is 0 Å². The Labute approximate surface area is 170 Å². The molecular formula is C26H16S2. The number of hydrogen-bond acceptors (Lipinski definition) is 2. The first kappa shape index (κ1) is 15.3. The molecule has 0 unspecified atom stereocenters. The third-order valence-corrected chi connectivity index (χ3v) is 8.30. The Balaban J connectivity index is 1.73. The number of benzene rings is 4. The van der Waals surface area contributed by atoms with Crippen molar-refractivity contribution < 1.29 is 0 Å². The van der Waals surface area contributed by atoms with Gasteiger partial charge in [0.2, 0.25) is 0 Å². The molecule has 28 heavy (non-hydrogen) atoms. The molecule has 0 aliphatic heterocycles. The molecule has 7 rings (SSSR count). The van der Waals surface area contributed by atoms with Crippen LogP contribution in [-0.2, 0) is 0 Å². The summed E-state index contributed by atoms with van der Waals surface area (Å²) in [4.78, 5) is 0. The maximum absolute atomic E-state index is 2.41. The Morgan fingerprint density at radius 1 is 0.643 bits per heavy atom. The third kappa shape index (κ3) is 1.71. The fraction of sp³-hybridized carbons (Fsp3) is 0.0769. The smallest absolute Gasteiger partial charge is 0.0364 e. The average molecular weight is 393 g/mol. The van der Waals surface area contributed by atoms with Gasteiger partial charge in [0.05, 0.1) is 0 Å². The van der Waals surface area contributed by atoms with E-state index in [4.69, 9.17) is 0 Å². The molecule has 0 fully saturated rings. The monoisotopic (exact) mass is 392 g/mol. The standard InChI is InChI=1S/C26H16S2/c1-13-6-7-17-21(10-13)28-22-11-14(2)23-18(25(17)22)9-8-16-15-4-3-5-20-24(15)19(12-27-20)26(16)23/h3-12H,1-2H3. The highest BCUT2D eigenvalue weighted by molar-refractivity contribution is 7.26. The van der Waals surface area contributed by atoms with Gasteiger partial charge in [0.1, 0.15) is 0 Å². The summed E-state index contributed by atoms with van der Waals surface area (Å²) in [5.74, 6) is 0. The number of thiophene rings is 2. The van der Waals surface area contributed by atoms with Crippen LogP contribution in [0.15, 0.2) is 60.0 Å². The summed E-state index contributed by atoms with van der Waals surface area (Å²) in [5, 5.41) is 9.45. The van der Waals surface area contributed by atoms with Crippen LogP contribution in [0.5, 0.6) is 0 Å². The largest absolute Gasteiger partial charge is 0.143 e. The second kappa shape index (κ2) is 5.02. The predicted molar refractivity (Wildman–Crippen MR) is 126 cm³/mol. The number of hydrogen-bond donors (Lipinski definition) is 0. The molecule has 2 heterocycles. The molecule has 0 spiro atoms. The fourth-order valence-corrected chi connectivity index (χ4v) is 7.39. The van der Waals surface area contributed by atoms with Crippen molar-refractivity contribution >= 4 is 63.7 Å². The predicted octanol–water partition coefficient (Wildman–Crippen LogP) is 8.69. The summed E-state index contributed by atoms with van der Waals surface area (Å²) in [5.41, 5.74) is 8.38. The van der Waals surface area contributed by atoms with Crippen molar-refractivity contribution in [3.05, 3.63) is 71.1 Å². The van der Waals surface area contributed by atoms with Crippen LogP contribution in [-0.4, -0.2) is 0 Å². The maximum Gasteiger partial charge on any atom is 0.0364 e. The molecule has 0 atom stereocenters. The van der Waals surface area contributed by atoms with Crippen LogP contribution in [0.25, 0.3) is 63.3 Å². The number of fused-ring (bicyclic) bond motifs is 9. The molecule has 0 amide bonds. The first-order valence-corrected chi connectivity index (χ1v) is 11.3. The van der Waals surface area contributed by atoms with Crippen LogP contribution in [0.4, 0.5) is 0 Å². The molecule has 1 aliphatic rings. The van der Waals surface area contributed by atoms with Crippen LogP contribution in [0, 0.1) is 13.8 Å². The molecule has 0 saturated heterocycles. The number of rotatable bonds is 0. The Bertz CT molecular complexity index is 1630. The van der Waals surface area contributed by atoms with E-state index < -0.39 is 0 Å². The van der Waals surface area contributed by atoms with Gasteiger partial charge in [0, 0.05) is 35.8 Å². The molecule has 1 aliphatic carbocycles. The van der Waals surface area contributed by atoms with Gasteiger partial charge in [-0.3, -0.25) is 0 Å². The molecule has 0 N–H and O–H groups in total. The molecule has 0 saturated carbocycles. The SMILES string of the molecule is Cc1ccc2c(c1)sc1cc(C)c3c4c(ccc3c12)-c1cccc2scc-4c12. The Morgan fingerprint density at radius 2 is 1.54 bits per heavy atom. The Kier molecular flexibility index (Phi) is 2.74. The molecule has 4 aromatic carbocycles. The highest BCUT2D eigenvalue weighted by Crippen LogP contribution is 2.54. The zero-order valence-electron chi connectivity index (χ0n) is 15.6. The van der Waals surface area contributed by atoms with E-state index >= 15 is 0 Å². The lowest BCUT2D eigenvalue weighted by atomic mass is 9.92. The van der Waals surface area contributed by atoms with Crippen LogP contribution < -0.4 is 0 Å². The summed E-state index contributed by atoms with van der Waals surface area (Å²) < 4.78 is 4.19. The molecule has 2 aromatic heterocycles. The summed E-state index contributed by atoms with van der Waals surface area (Å²) >= 11 is 3.79. The molecular weight excluding hydrogens is 376 g/mol. The van der Waals surface area contributed by atoms with E-state index in [2.05, 4.69) is 73.8 Å².